The van der Waals surface area contributed by atoms with Gasteiger partial charge in [0.05, 0.1) is 0 Å². The fraction of sp³-hybridized carbons (Fsp3) is 0.857. The van der Waals surface area contributed by atoms with Crippen molar-refractivity contribution in [3.63, 3.8) is 0 Å². The number of carbonyl (C=O) groups excluding carboxylic acids is 1. The molecule has 0 radical (unpaired) electrons. The molecule has 1 aliphatic rings. The van der Waals surface area contributed by atoms with Gasteiger partial charge in [-0.2, -0.15) is 0 Å². The van der Waals surface area contributed by atoms with Crippen LogP contribution in [-0.2, 0) is 4.79 Å². The van der Waals surface area contributed by atoms with Gasteiger partial charge in [0, 0.05) is 0 Å². The molecule has 3 N–H and O–H groups in total. The lowest BCUT2D eigenvalue weighted by Gasteiger charge is -2.26. The molecule has 1 rings (SSSR count). The van der Waals surface area contributed by atoms with Gasteiger partial charge in [-0.25, -0.2) is 0 Å². The van der Waals surface area contributed by atoms with Crippen molar-refractivity contribution >= 4 is 5.91 Å². The molecule has 0 aliphatic heterocycles. The number of hydrogen-bond donors (Lipinski definition) is 2. The van der Waals surface area contributed by atoms with Crippen LogP contribution in [0.2, 0.25) is 0 Å². The van der Waals surface area contributed by atoms with Gasteiger partial charge in [0.1, 0.15) is 6.10 Å². The number of aliphatic hydroxyl groups is 1. The van der Waals surface area contributed by atoms with Crippen molar-refractivity contribution in [3.8, 4) is 0 Å². The third-order valence-electron chi connectivity index (χ3n) is 2.11. The first-order valence-corrected chi connectivity index (χ1v) is 3.67. The molecule has 1 atom stereocenters. The minimum Gasteiger partial charge on any atom is -0.383 e. The van der Waals surface area contributed by atoms with Crippen LogP contribution in [0.5, 0.6) is 0 Å². The molecule has 0 aromatic carbocycles. The van der Waals surface area contributed by atoms with E-state index < -0.39 is 12.0 Å². The SMILES string of the molecule is NC(=O)[C@@H](O)CC1CCC1. The molecule has 1 fully saturated rings. The van der Waals surface area contributed by atoms with Crippen LogP contribution in [0.25, 0.3) is 0 Å². The topological polar surface area (TPSA) is 63.3 Å². The second-order valence-electron chi connectivity index (χ2n) is 2.95. The van der Waals surface area contributed by atoms with Crippen molar-refractivity contribution in [1.29, 1.82) is 0 Å². The smallest absolute Gasteiger partial charge is 0.246 e. The van der Waals surface area contributed by atoms with E-state index in [1.165, 1.54) is 6.42 Å². The lowest BCUT2D eigenvalue weighted by atomic mass is 9.81. The maximum atomic E-state index is 10.3. The number of amides is 1. The fourth-order valence-electron chi connectivity index (χ4n) is 1.16. The van der Waals surface area contributed by atoms with Crippen LogP contribution >= 0.6 is 0 Å². The first-order chi connectivity index (χ1) is 4.70. The Bertz CT molecular complexity index is 132. The van der Waals surface area contributed by atoms with Gasteiger partial charge in [-0.05, 0) is 12.3 Å². The molecule has 0 saturated heterocycles. The Morgan fingerprint density at radius 2 is 2.30 bits per heavy atom. The molecule has 1 saturated carbocycles. The highest BCUT2D eigenvalue weighted by atomic mass is 16.3. The van der Waals surface area contributed by atoms with E-state index >= 15 is 0 Å². The van der Waals surface area contributed by atoms with Crippen LogP contribution in [0.3, 0.4) is 0 Å². The molecule has 0 unspecified atom stereocenters. The van der Waals surface area contributed by atoms with Gasteiger partial charge in [-0.1, -0.05) is 19.3 Å². The number of hydrogen-bond acceptors (Lipinski definition) is 2. The molecule has 0 aromatic heterocycles. The van der Waals surface area contributed by atoms with Crippen molar-refractivity contribution < 1.29 is 9.90 Å². The normalized spacial score (nSPS) is 21.7. The van der Waals surface area contributed by atoms with Crippen molar-refractivity contribution in [1.82, 2.24) is 0 Å². The molecule has 1 amide bonds. The molecule has 0 bridgehead atoms. The summed E-state index contributed by atoms with van der Waals surface area (Å²) in [6.07, 6.45) is 3.17. The minimum atomic E-state index is -0.912. The molecule has 0 spiro atoms. The summed E-state index contributed by atoms with van der Waals surface area (Å²) in [7, 11) is 0. The summed E-state index contributed by atoms with van der Waals surface area (Å²) in [6, 6.07) is 0. The van der Waals surface area contributed by atoms with Crippen molar-refractivity contribution in [2.45, 2.75) is 31.8 Å². The third-order valence-corrected chi connectivity index (χ3v) is 2.11. The van der Waals surface area contributed by atoms with Crippen molar-refractivity contribution in [3.05, 3.63) is 0 Å². The van der Waals surface area contributed by atoms with Gasteiger partial charge in [0.25, 0.3) is 0 Å². The second kappa shape index (κ2) is 3.01. The number of rotatable bonds is 3. The lowest BCUT2D eigenvalue weighted by Crippen LogP contribution is -2.31. The number of primary amides is 1. The Morgan fingerprint density at radius 3 is 2.60 bits per heavy atom. The Morgan fingerprint density at radius 1 is 1.70 bits per heavy atom. The summed E-state index contributed by atoms with van der Waals surface area (Å²) in [5.74, 6) is -0.0469. The third kappa shape index (κ3) is 1.70. The predicted octanol–water partition coefficient (Wildman–Crippen LogP) is 0.0228. The first kappa shape index (κ1) is 7.54. The highest BCUT2D eigenvalue weighted by molar-refractivity contribution is 5.78. The molecule has 3 heteroatoms. The fourth-order valence-corrected chi connectivity index (χ4v) is 1.16. The minimum absolute atomic E-state index is 0.544. The highest BCUT2D eigenvalue weighted by Gasteiger charge is 2.23. The van der Waals surface area contributed by atoms with Crippen LogP contribution in [0.4, 0.5) is 0 Å². The van der Waals surface area contributed by atoms with Gasteiger partial charge in [-0.15, -0.1) is 0 Å². The average molecular weight is 143 g/mol. The summed E-state index contributed by atoms with van der Waals surface area (Å²) in [5.41, 5.74) is 4.87. The lowest BCUT2D eigenvalue weighted by molar-refractivity contribution is -0.127. The van der Waals surface area contributed by atoms with Gasteiger partial charge < -0.3 is 10.8 Å². The van der Waals surface area contributed by atoms with E-state index in [1.54, 1.807) is 0 Å². The summed E-state index contributed by atoms with van der Waals surface area (Å²) >= 11 is 0. The van der Waals surface area contributed by atoms with E-state index in [1.807, 2.05) is 0 Å². The molecule has 10 heavy (non-hydrogen) atoms. The van der Waals surface area contributed by atoms with Crippen LogP contribution in [0.1, 0.15) is 25.7 Å². The summed E-state index contributed by atoms with van der Waals surface area (Å²) in [6.45, 7) is 0. The quantitative estimate of drug-likeness (QED) is 0.585. The van der Waals surface area contributed by atoms with Crippen LogP contribution in [0, 0.1) is 5.92 Å². The summed E-state index contributed by atoms with van der Waals surface area (Å²) in [4.78, 5) is 10.3. The van der Waals surface area contributed by atoms with E-state index in [0.29, 0.717) is 12.3 Å². The van der Waals surface area contributed by atoms with Crippen LogP contribution in [-0.4, -0.2) is 17.1 Å². The zero-order chi connectivity index (χ0) is 7.56. The summed E-state index contributed by atoms with van der Waals surface area (Å²) < 4.78 is 0. The van der Waals surface area contributed by atoms with Crippen LogP contribution < -0.4 is 5.73 Å². The highest BCUT2D eigenvalue weighted by Crippen LogP contribution is 2.30. The van der Waals surface area contributed by atoms with E-state index in [-0.39, 0.29) is 0 Å². The molecular formula is C7H13NO2. The molecule has 0 heterocycles. The van der Waals surface area contributed by atoms with Gasteiger partial charge in [0.15, 0.2) is 0 Å². The Hall–Kier alpha value is -0.570. The van der Waals surface area contributed by atoms with E-state index in [9.17, 15) is 4.79 Å². The monoisotopic (exact) mass is 143 g/mol. The molecule has 0 aromatic rings. The number of aliphatic hydroxyl groups excluding tert-OH is 1. The van der Waals surface area contributed by atoms with Crippen LogP contribution in [0.15, 0.2) is 0 Å². The second-order valence-corrected chi connectivity index (χ2v) is 2.95. The number of nitrogens with two attached hydrogens (primary N) is 1. The standard InChI is InChI=1S/C7H13NO2/c8-7(10)6(9)4-5-2-1-3-5/h5-6,9H,1-4H2,(H2,8,10)/t6-/m0/s1. The Labute approximate surface area is 60.2 Å². The van der Waals surface area contributed by atoms with Gasteiger partial charge in [0.2, 0.25) is 5.91 Å². The van der Waals surface area contributed by atoms with E-state index in [4.69, 9.17) is 10.8 Å². The Kier molecular flexibility index (Phi) is 2.27. The predicted molar refractivity (Wildman–Crippen MR) is 37.2 cm³/mol. The summed E-state index contributed by atoms with van der Waals surface area (Å²) in [5, 5.41) is 8.99. The molecule has 3 nitrogen and oxygen atoms in total. The Balaban J connectivity index is 2.16. The van der Waals surface area contributed by atoms with Crippen molar-refractivity contribution in [2.24, 2.45) is 11.7 Å². The van der Waals surface area contributed by atoms with Gasteiger partial charge in [-0.3, -0.25) is 4.79 Å². The largest absolute Gasteiger partial charge is 0.383 e. The maximum Gasteiger partial charge on any atom is 0.246 e. The zero-order valence-corrected chi connectivity index (χ0v) is 5.92. The van der Waals surface area contributed by atoms with Crippen molar-refractivity contribution in [2.75, 3.05) is 0 Å². The molecular weight excluding hydrogens is 130 g/mol. The van der Waals surface area contributed by atoms with E-state index in [0.717, 1.165) is 12.8 Å². The van der Waals surface area contributed by atoms with Gasteiger partial charge >= 0.3 is 0 Å². The van der Waals surface area contributed by atoms with E-state index in [2.05, 4.69) is 0 Å². The molecule has 1 aliphatic carbocycles. The average Bonchev–Trinajstić information content (AvgIpc) is 1.77. The maximum absolute atomic E-state index is 10.3. The number of carbonyl (C=O) groups is 1. The zero-order valence-electron chi connectivity index (χ0n) is 5.92. The molecule has 58 valence electrons. The first-order valence-electron chi connectivity index (χ1n) is 3.67.